The summed E-state index contributed by atoms with van der Waals surface area (Å²) in [5.41, 5.74) is 0.828. The molecule has 5 heteroatoms. The Bertz CT molecular complexity index is 697. The Balaban J connectivity index is 1.83. The third kappa shape index (κ3) is 2.93. The second-order valence-corrected chi connectivity index (χ2v) is 5.29. The molecular weight excluding hydrogens is 286 g/mol. The molecular formula is C17H16F2N2O. The number of carbonyl (C=O) groups excluding carboxylic acids is 1. The fraction of sp³-hybridized carbons (Fsp3) is 0.235. The molecule has 1 heterocycles. The van der Waals surface area contributed by atoms with Crippen LogP contribution in [0, 0.1) is 11.6 Å². The molecule has 2 aromatic carbocycles. The highest BCUT2D eigenvalue weighted by Gasteiger charge is 2.16. The van der Waals surface area contributed by atoms with Crippen molar-refractivity contribution in [3.8, 4) is 0 Å². The Hall–Kier alpha value is -2.43. The second kappa shape index (κ2) is 6.13. The first kappa shape index (κ1) is 14.5. The summed E-state index contributed by atoms with van der Waals surface area (Å²) in [7, 11) is 0. The standard InChI is InChI=1S/C17H16F2N2O/c18-14-6-2-1-5-13(14)17(22)20-16-11-12(7-8-15(16)19)21-9-3-4-10-21/h1-2,5-8,11H,3-4,9-10H2,(H,20,22). The predicted molar refractivity (Wildman–Crippen MR) is 82.2 cm³/mol. The first-order valence-corrected chi connectivity index (χ1v) is 7.25. The van der Waals surface area contributed by atoms with Gasteiger partial charge in [-0.2, -0.15) is 0 Å². The third-order valence-electron chi connectivity index (χ3n) is 3.79. The van der Waals surface area contributed by atoms with Crippen LogP contribution in [-0.4, -0.2) is 19.0 Å². The molecule has 0 radical (unpaired) electrons. The number of anilines is 2. The smallest absolute Gasteiger partial charge is 0.258 e. The summed E-state index contributed by atoms with van der Waals surface area (Å²) in [6.45, 7) is 1.85. The van der Waals surface area contributed by atoms with Crippen molar-refractivity contribution in [1.29, 1.82) is 0 Å². The lowest BCUT2D eigenvalue weighted by Gasteiger charge is -2.19. The molecule has 1 N–H and O–H groups in total. The lowest BCUT2D eigenvalue weighted by atomic mass is 10.2. The van der Waals surface area contributed by atoms with Gasteiger partial charge < -0.3 is 10.2 Å². The maximum atomic E-state index is 13.9. The van der Waals surface area contributed by atoms with Crippen molar-refractivity contribution in [3.05, 3.63) is 59.7 Å². The molecule has 0 aromatic heterocycles. The lowest BCUT2D eigenvalue weighted by molar-refractivity contribution is 0.102. The van der Waals surface area contributed by atoms with Gasteiger partial charge in [0.05, 0.1) is 11.3 Å². The van der Waals surface area contributed by atoms with Crippen LogP contribution >= 0.6 is 0 Å². The molecule has 0 saturated carbocycles. The first-order chi connectivity index (χ1) is 10.6. The number of nitrogens with one attached hydrogen (secondary N) is 1. The lowest BCUT2D eigenvalue weighted by Crippen LogP contribution is -2.19. The van der Waals surface area contributed by atoms with E-state index in [1.54, 1.807) is 18.2 Å². The van der Waals surface area contributed by atoms with Crippen molar-refractivity contribution in [2.75, 3.05) is 23.3 Å². The number of rotatable bonds is 3. The van der Waals surface area contributed by atoms with Gasteiger partial charge in [-0.3, -0.25) is 4.79 Å². The van der Waals surface area contributed by atoms with Gasteiger partial charge in [0.15, 0.2) is 0 Å². The molecule has 0 spiro atoms. The Morgan fingerprint density at radius 3 is 2.45 bits per heavy atom. The van der Waals surface area contributed by atoms with Crippen LogP contribution in [0.1, 0.15) is 23.2 Å². The number of carbonyl (C=O) groups is 1. The summed E-state index contributed by atoms with van der Waals surface area (Å²) in [5, 5.41) is 2.45. The first-order valence-electron chi connectivity index (χ1n) is 7.25. The van der Waals surface area contributed by atoms with Gasteiger partial charge >= 0.3 is 0 Å². The monoisotopic (exact) mass is 302 g/mol. The number of amides is 1. The van der Waals surface area contributed by atoms with Crippen molar-refractivity contribution < 1.29 is 13.6 Å². The molecule has 1 aliphatic heterocycles. The molecule has 0 unspecified atom stereocenters. The molecule has 22 heavy (non-hydrogen) atoms. The van der Waals surface area contributed by atoms with Gasteiger partial charge in [-0.25, -0.2) is 8.78 Å². The minimum absolute atomic E-state index is 0.0673. The van der Waals surface area contributed by atoms with Crippen LogP contribution in [0.5, 0.6) is 0 Å². The fourth-order valence-corrected chi connectivity index (χ4v) is 2.62. The highest BCUT2D eigenvalue weighted by Crippen LogP contribution is 2.26. The highest BCUT2D eigenvalue weighted by atomic mass is 19.1. The Morgan fingerprint density at radius 2 is 1.73 bits per heavy atom. The van der Waals surface area contributed by atoms with E-state index in [9.17, 15) is 13.6 Å². The summed E-state index contributed by atoms with van der Waals surface area (Å²) < 4.78 is 27.5. The normalized spacial score (nSPS) is 14.2. The van der Waals surface area contributed by atoms with Gasteiger partial charge in [0, 0.05) is 18.8 Å². The molecule has 1 fully saturated rings. The molecule has 3 nitrogen and oxygen atoms in total. The van der Waals surface area contributed by atoms with E-state index in [1.807, 2.05) is 0 Å². The average Bonchev–Trinajstić information content (AvgIpc) is 3.04. The average molecular weight is 302 g/mol. The molecule has 3 rings (SSSR count). The Morgan fingerprint density at radius 1 is 1.00 bits per heavy atom. The van der Waals surface area contributed by atoms with Crippen molar-refractivity contribution in [3.63, 3.8) is 0 Å². The quantitative estimate of drug-likeness (QED) is 0.935. The molecule has 1 amide bonds. The largest absolute Gasteiger partial charge is 0.371 e. The molecule has 0 atom stereocenters. The van der Waals surface area contributed by atoms with E-state index in [-0.39, 0.29) is 11.3 Å². The van der Waals surface area contributed by atoms with Crippen molar-refractivity contribution >= 4 is 17.3 Å². The van der Waals surface area contributed by atoms with E-state index in [2.05, 4.69) is 10.2 Å². The van der Waals surface area contributed by atoms with Gasteiger partial charge in [0.2, 0.25) is 0 Å². The topological polar surface area (TPSA) is 32.3 Å². The molecule has 0 aliphatic carbocycles. The number of nitrogens with zero attached hydrogens (tertiary/aromatic N) is 1. The maximum Gasteiger partial charge on any atom is 0.258 e. The van der Waals surface area contributed by atoms with Crippen molar-refractivity contribution in [2.24, 2.45) is 0 Å². The fourth-order valence-electron chi connectivity index (χ4n) is 2.62. The van der Waals surface area contributed by atoms with Crippen LogP contribution in [0.2, 0.25) is 0 Å². The predicted octanol–water partition coefficient (Wildman–Crippen LogP) is 3.82. The van der Waals surface area contributed by atoms with E-state index in [1.165, 1.54) is 24.3 Å². The van der Waals surface area contributed by atoms with Crippen molar-refractivity contribution in [1.82, 2.24) is 0 Å². The summed E-state index contributed by atoms with van der Waals surface area (Å²) in [6, 6.07) is 10.2. The molecule has 2 aromatic rings. The molecule has 114 valence electrons. The van der Waals surface area contributed by atoms with Gasteiger partial charge in [0.1, 0.15) is 11.6 Å². The zero-order chi connectivity index (χ0) is 15.5. The van der Waals surface area contributed by atoms with Crippen LogP contribution < -0.4 is 10.2 Å². The number of hydrogen-bond acceptors (Lipinski definition) is 2. The zero-order valence-corrected chi connectivity index (χ0v) is 12.0. The Kier molecular flexibility index (Phi) is 4.04. The van der Waals surface area contributed by atoms with Crippen LogP contribution in [0.15, 0.2) is 42.5 Å². The SMILES string of the molecule is O=C(Nc1cc(N2CCCC2)ccc1F)c1ccccc1F. The van der Waals surface area contributed by atoms with E-state index in [4.69, 9.17) is 0 Å². The summed E-state index contributed by atoms with van der Waals surface area (Å²) in [6.07, 6.45) is 2.21. The minimum atomic E-state index is -0.657. The Labute approximate surface area is 127 Å². The molecule has 1 aliphatic rings. The maximum absolute atomic E-state index is 13.9. The minimum Gasteiger partial charge on any atom is -0.371 e. The summed E-state index contributed by atoms with van der Waals surface area (Å²) >= 11 is 0. The van der Waals surface area contributed by atoms with Crippen LogP contribution in [0.25, 0.3) is 0 Å². The van der Waals surface area contributed by atoms with Gasteiger partial charge in [-0.1, -0.05) is 12.1 Å². The number of halogens is 2. The van der Waals surface area contributed by atoms with Crippen molar-refractivity contribution in [2.45, 2.75) is 12.8 Å². The number of hydrogen-bond donors (Lipinski definition) is 1. The summed E-state index contributed by atoms with van der Waals surface area (Å²) in [4.78, 5) is 14.2. The second-order valence-electron chi connectivity index (χ2n) is 5.29. The van der Waals surface area contributed by atoms with Crippen LogP contribution in [0.4, 0.5) is 20.2 Å². The van der Waals surface area contributed by atoms with Gasteiger partial charge in [-0.05, 0) is 43.2 Å². The van der Waals surface area contributed by atoms with E-state index >= 15 is 0 Å². The van der Waals surface area contributed by atoms with E-state index in [0.29, 0.717) is 0 Å². The van der Waals surface area contributed by atoms with Gasteiger partial charge in [-0.15, -0.1) is 0 Å². The summed E-state index contributed by atoms with van der Waals surface area (Å²) in [5.74, 6) is -1.82. The van der Waals surface area contributed by atoms with E-state index < -0.39 is 17.5 Å². The third-order valence-corrected chi connectivity index (χ3v) is 3.79. The molecule has 1 saturated heterocycles. The highest BCUT2D eigenvalue weighted by molar-refractivity contribution is 6.04. The molecule has 0 bridgehead atoms. The van der Waals surface area contributed by atoms with Crippen LogP contribution in [0.3, 0.4) is 0 Å². The zero-order valence-electron chi connectivity index (χ0n) is 12.0. The van der Waals surface area contributed by atoms with Gasteiger partial charge in [0.25, 0.3) is 5.91 Å². The van der Waals surface area contributed by atoms with E-state index in [0.717, 1.165) is 31.6 Å². The van der Waals surface area contributed by atoms with Crippen LogP contribution in [-0.2, 0) is 0 Å². The number of benzene rings is 2.